The van der Waals surface area contributed by atoms with Gasteiger partial charge in [-0.3, -0.25) is 14.7 Å². The summed E-state index contributed by atoms with van der Waals surface area (Å²) in [6.45, 7) is 0. The predicted octanol–water partition coefficient (Wildman–Crippen LogP) is 3.92. The lowest BCUT2D eigenvalue weighted by molar-refractivity contribution is -0.153. The number of fused-ring (bicyclic) bond motifs is 1. The van der Waals surface area contributed by atoms with Crippen LogP contribution in [0, 0.1) is 0 Å². The van der Waals surface area contributed by atoms with Crippen molar-refractivity contribution in [2.24, 2.45) is 5.73 Å². The van der Waals surface area contributed by atoms with Crippen LogP contribution in [-0.4, -0.2) is 38.9 Å². The summed E-state index contributed by atoms with van der Waals surface area (Å²) in [4.78, 5) is 32.1. The van der Waals surface area contributed by atoms with Crippen molar-refractivity contribution in [3.63, 3.8) is 0 Å². The molecule has 2 atom stereocenters. The number of carbonyl (C=O) groups is 2. The maximum absolute atomic E-state index is 13.6. The Balaban J connectivity index is 1.51. The van der Waals surface area contributed by atoms with Crippen LogP contribution in [0.15, 0.2) is 102 Å². The van der Waals surface area contributed by atoms with E-state index < -0.39 is 18.1 Å². The summed E-state index contributed by atoms with van der Waals surface area (Å²) in [6, 6.07) is 24.1. The molecule has 2 aromatic carbocycles. The molecule has 34 heavy (non-hydrogen) atoms. The summed E-state index contributed by atoms with van der Waals surface area (Å²) in [6.07, 6.45) is 4.76. The van der Waals surface area contributed by atoms with Gasteiger partial charge in [0.15, 0.2) is 6.10 Å². The van der Waals surface area contributed by atoms with E-state index in [1.165, 1.54) is 4.90 Å². The van der Waals surface area contributed by atoms with Crippen LogP contribution in [0.5, 0.6) is 0 Å². The lowest BCUT2D eigenvalue weighted by Gasteiger charge is -2.48. The van der Waals surface area contributed by atoms with Gasteiger partial charge in [-0.15, -0.1) is 11.8 Å². The summed E-state index contributed by atoms with van der Waals surface area (Å²) in [7, 11) is 0. The van der Waals surface area contributed by atoms with Gasteiger partial charge in [0.1, 0.15) is 17.1 Å². The maximum atomic E-state index is 13.6. The minimum atomic E-state index is -0.617. The van der Waals surface area contributed by atoms with E-state index in [1.54, 1.807) is 18.0 Å². The molecule has 0 aliphatic carbocycles. The first-order valence-electron chi connectivity index (χ1n) is 11.0. The number of rotatable bonds is 6. The number of β-lactam (4-membered cyclic amide) rings is 1. The molecule has 5 rings (SSSR count). The van der Waals surface area contributed by atoms with Gasteiger partial charge in [-0.05, 0) is 34.9 Å². The molecule has 170 valence electrons. The fourth-order valence-electron chi connectivity index (χ4n) is 4.06. The number of nitrogens with zero attached hydrogens (tertiary/aromatic N) is 2. The zero-order valence-electron chi connectivity index (χ0n) is 18.3. The van der Waals surface area contributed by atoms with Gasteiger partial charge in [0.2, 0.25) is 5.91 Å². The highest BCUT2D eigenvalue weighted by Gasteiger charge is 2.52. The third kappa shape index (κ3) is 4.27. The molecular weight excluding hydrogens is 446 g/mol. The van der Waals surface area contributed by atoms with Crippen molar-refractivity contribution in [1.82, 2.24) is 9.88 Å². The number of esters is 1. The van der Waals surface area contributed by atoms with Crippen LogP contribution in [0.1, 0.15) is 22.9 Å². The van der Waals surface area contributed by atoms with E-state index >= 15 is 0 Å². The molecule has 0 bridgehead atoms. The molecule has 7 heteroatoms. The molecular formula is C27H23N3O3S. The topological polar surface area (TPSA) is 85.5 Å². The Kier molecular flexibility index (Phi) is 6.29. The average Bonchev–Trinajstić information content (AvgIpc) is 2.91. The molecule has 6 nitrogen and oxygen atoms in total. The third-order valence-electron chi connectivity index (χ3n) is 5.80. The molecule has 2 aliphatic rings. The van der Waals surface area contributed by atoms with Crippen LogP contribution in [0.3, 0.4) is 0 Å². The fourth-order valence-corrected chi connectivity index (χ4v) is 5.33. The summed E-state index contributed by atoms with van der Waals surface area (Å²) < 4.78 is 6.09. The fraction of sp³-hybridized carbons (Fsp3) is 0.148. The van der Waals surface area contributed by atoms with E-state index in [2.05, 4.69) is 4.98 Å². The molecule has 0 radical (unpaired) electrons. The molecule has 0 spiro atoms. The number of ether oxygens (including phenoxy) is 1. The first kappa shape index (κ1) is 22.1. The van der Waals surface area contributed by atoms with Crippen LogP contribution in [0.25, 0.3) is 6.08 Å². The third-order valence-corrected chi connectivity index (χ3v) is 7.13. The average molecular weight is 470 g/mol. The molecule has 1 aromatic heterocycles. The molecule has 1 saturated heterocycles. The second-order valence-corrected chi connectivity index (χ2v) is 9.11. The van der Waals surface area contributed by atoms with Crippen molar-refractivity contribution < 1.29 is 14.3 Å². The van der Waals surface area contributed by atoms with Crippen molar-refractivity contribution in [1.29, 1.82) is 0 Å². The number of benzene rings is 2. The summed E-state index contributed by atoms with van der Waals surface area (Å²) in [5, 5.41) is -0.269. The van der Waals surface area contributed by atoms with Gasteiger partial charge in [-0.2, -0.15) is 0 Å². The van der Waals surface area contributed by atoms with E-state index in [9.17, 15) is 9.59 Å². The highest BCUT2D eigenvalue weighted by atomic mass is 32.2. The Labute approximate surface area is 202 Å². The van der Waals surface area contributed by atoms with Gasteiger partial charge >= 0.3 is 5.97 Å². The molecule has 1 fully saturated rings. The number of hydrogen-bond donors (Lipinski definition) is 1. The minimum Gasteiger partial charge on any atom is -0.448 e. The minimum absolute atomic E-state index is 0.250. The Hall–Kier alpha value is -3.68. The Morgan fingerprint density at radius 2 is 1.65 bits per heavy atom. The zero-order chi connectivity index (χ0) is 23.5. The highest BCUT2D eigenvalue weighted by molar-refractivity contribution is 8.00. The zero-order valence-corrected chi connectivity index (χ0v) is 19.1. The molecule has 2 aliphatic heterocycles. The maximum Gasteiger partial charge on any atom is 0.356 e. The largest absolute Gasteiger partial charge is 0.448 e. The quantitative estimate of drug-likeness (QED) is 0.435. The van der Waals surface area contributed by atoms with Crippen LogP contribution in [-0.2, 0) is 14.3 Å². The van der Waals surface area contributed by atoms with Gasteiger partial charge in [0.25, 0.3) is 0 Å². The van der Waals surface area contributed by atoms with E-state index in [4.69, 9.17) is 10.5 Å². The Morgan fingerprint density at radius 1 is 1.00 bits per heavy atom. The lowest BCUT2D eigenvalue weighted by Crippen LogP contribution is -2.68. The van der Waals surface area contributed by atoms with E-state index in [0.29, 0.717) is 11.3 Å². The van der Waals surface area contributed by atoms with Gasteiger partial charge < -0.3 is 10.5 Å². The number of aromatic nitrogens is 1. The van der Waals surface area contributed by atoms with Gasteiger partial charge in [0, 0.05) is 11.9 Å². The van der Waals surface area contributed by atoms with Crippen molar-refractivity contribution in [2.75, 3.05) is 5.75 Å². The number of allylic oxidation sites excluding steroid dienone is 1. The van der Waals surface area contributed by atoms with Crippen molar-refractivity contribution in [2.45, 2.75) is 17.5 Å². The number of hydrogen-bond acceptors (Lipinski definition) is 6. The van der Waals surface area contributed by atoms with Crippen molar-refractivity contribution >= 4 is 29.7 Å². The highest BCUT2D eigenvalue weighted by Crippen LogP contribution is 2.41. The van der Waals surface area contributed by atoms with Gasteiger partial charge in [0.05, 0.1) is 5.69 Å². The summed E-state index contributed by atoms with van der Waals surface area (Å²) >= 11 is 1.54. The molecule has 3 aromatic rings. The van der Waals surface area contributed by atoms with Crippen LogP contribution in [0.2, 0.25) is 0 Å². The summed E-state index contributed by atoms with van der Waals surface area (Å²) in [5.74, 6) is -0.287. The monoisotopic (exact) mass is 469 g/mol. The molecule has 1 unspecified atom stereocenters. The first-order chi connectivity index (χ1) is 16.6. The molecule has 2 N–H and O–H groups in total. The molecule has 0 saturated carbocycles. The van der Waals surface area contributed by atoms with Crippen molar-refractivity contribution in [3.05, 3.63) is 119 Å². The number of pyridine rings is 1. The Bertz CT molecular complexity index is 1210. The lowest BCUT2D eigenvalue weighted by atomic mass is 10.0. The standard InChI is InChI=1S/C27H23N3O3S/c28-22-25(31)30-23(20(17-34-26(22)30)14-15-21-13-7-8-16-29-21)27(32)33-24(18-9-3-1-4-10-18)19-11-5-2-6-12-19/h1-16,22,24,26H,17,28H2/t22?,26-/m0/s1. The van der Waals surface area contributed by atoms with Crippen molar-refractivity contribution in [3.8, 4) is 0 Å². The number of carbonyl (C=O) groups excluding carboxylic acids is 2. The predicted molar refractivity (Wildman–Crippen MR) is 132 cm³/mol. The van der Waals surface area contributed by atoms with E-state index in [0.717, 1.165) is 16.8 Å². The van der Waals surface area contributed by atoms with E-state index in [-0.39, 0.29) is 17.0 Å². The van der Waals surface area contributed by atoms with Crippen LogP contribution in [0.4, 0.5) is 0 Å². The SMILES string of the molecule is NC1C(=O)N2C(C(=O)OC(c3ccccc3)c3ccccc3)=C(C=Cc3ccccn3)CS[C@@H]12. The number of amides is 1. The van der Waals surface area contributed by atoms with Crippen LogP contribution < -0.4 is 5.73 Å². The number of thioether (sulfide) groups is 1. The normalized spacial score (nSPS) is 19.8. The second kappa shape index (κ2) is 9.67. The van der Waals surface area contributed by atoms with E-state index in [1.807, 2.05) is 91.0 Å². The Morgan fingerprint density at radius 3 is 2.26 bits per heavy atom. The second-order valence-electron chi connectivity index (χ2n) is 8.00. The van der Waals surface area contributed by atoms with Gasteiger partial charge in [-0.1, -0.05) is 72.8 Å². The summed E-state index contributed by atoms with van der Waals surface area (Å²) in [5.41, 5.74) is 9.43. The van der Waals surface area contributed by atoms with Gasteiger partial charge in [-0.25, -0.2) is 4.79 Å². The van der Waals surface area contributed by atoms with Crippen LogP contribution >= 0.6 is 11.8 Å². The smallest absolute Gasteiger partial charge is 0.356 e. The molecule has 1 amide bonds. The molecule has 3 heterocycles. The number of nitrogens with two attached hydrogens (primary N) is 1. The first-order valence-corrected chi connectivity index (χ1v) is 12.0.